The van der Waals surface area contributed by atoms with Crippen LogP contribution in [0.3, 0.4) is 0 Å². The number of carbonyl (C=O) groups is 2. The van der Waals surface area contributed by atoms with Crippen molar-refractivity contribution in [2.45, 2.75) is 37.4 Å². The van der Waals surface area contributed by atoms with E-state index >= 15 is 0 Å². The maximum Gasteiger partial charge on any atom is 0.251 e. The molecule has 186 valence electrons. The molecule has 2 amide bonds. The molecule has 1 unspecified atom stereocenters. The number of benzene rings is 2. The van der Waals surface area contributed by atoms with Gasteiger partial charge in [0.05, 0.1) is 27.6 Å². The Morgan fingerprint density at radius 1 is 1.11 bits per heavy atom. The zero-order valence-corrected chi connectivity index (χ0v) is 21.0. The third-order valence-corrected chi connectivity index (χ3v) is 8.39. The number of imidazole rings is 1. The lowest BCUT2D eigenvalue weighted by molar-refractivity contribution is -0.0576. The lowest BCUT2D eigenvalue weighted by atomic mass is 9.89. The summed E-state index contributed by atoms with van der Waals surface area (Å²) in [4.78, 5) is 30.3. The van der Waals surface area contributed by atoms with E-state index in [4.69, 9.17) is 9.72 Å². The fourth-order valence-corrected chi connectivity index (χ4v) is 6.36. The van der Waals surface area contributed by atoms with Crippen molar-refractivity contribution in [3.8, 4) is 11.3 Å². The second kappa shape index (κ2) is 9.31. The monoisotopic (exact) mass is 503 g/mol. The van der Waals surface area contributed by atoms with Crippen molar-refractivity contribution in [1.29, 1.82) is 0 Å². The number of nitrogens with zero attached hydrogens (tertiary/aromatic N) is 2. The Hall–Kier alpha value is -3.27. The van der Waals surface area contributed by atoms with Crippen LogP contribution in [-0.2, 0) is 4.74 Å². The van der Waals surface area contributed by atoms with E-state index in [1.54, 1.807) is 30.5 Å². The Morgan fingerprint density at radius 2 is 1.89 bits per heavy atom. The van der Waals surface area contributed by atoms with Crippen LogP contribution < -0.4 is 16.0 Å². The highest BCUT2D eigenvalue weighted by Gasteiger charge is 2.40. The summed E-state index contributed by atoms with van der Waals surface area (Å²) >= 11 is 1.56. The van der Waals surface area contributed by atoms with Gasteiger partial charge in [-0.05, 0) is 69.1 Å². The first-order valence-corrected chi connectivity index (χ1v) is 13.3. The van der Waals surface area contributed by atoms with Crippen LogP contribution in [0, 0.1) is 0 Å². The van der Waals surface area contributed by atoms with Crippen molar-refractivity contribution in [2.24, 2.45) is 0 Å². The molecule has 6 rings (SSSR count). The van der Waals surface area contributed by atoms with Crippen molar-refractivity contribution >= 4 is 38.3 Å². The Morgan fingerprint density at radius 3 is 2.67 bits per heavy atom. The number of fused-ring (bicyclic) bond motifs is 3. The number of carbonyl (C=O) groups excluding carboxylic acids is 2. The van der Waals surface area contributed by atoms with E-state index in [2.05, 4.69) is 20.4 Å². The molecule has 2 aliphatic heterocycles. The van der Waals surface area contributed by atoms with Gasteiger partial charge in [-0.25, -0.2) is 4.98 Å². The predicted octanol–water partition coefficient (Wildman–Crippen LogP) is 3.61. The molecular weight excluding hydrogens is 474 g/mol. The predicted molar refractivity (Wildman–Crippen MR) is 141 cm³/mol. The van der Waals surface area contributed by atoms with Gasteiger partial charge in [0, 0.05) is 36.5 Å². The molecule has 9 heteroatoms. The molecule has 0 bridgehead atoms. The minimum absolute atomic E-state index is 0.0103. The van der Waals surface area contributed by atoms with Gasteiger partial charge < -0.3 is 20.7 Å². The summed E-state index contributed by atoms with van der Waals surface area (Å²) in [6, 6.07) is 13.2. The fraction of sp³-hybridized carbons (Fsp3) is 0.370. The number of ether oxygens (including phenoxy) is 1. The summed E-state index contributed by atoms with van der Waals surface area (Å²) in [6.07, 6.45) is 6.27. The molecule has 0 saturated carbocycles. The molecule has 2 aromatic carbocycles. The van der Waals surface area contributed by atoms with Gasteiger partial charge in [-0.15, -0.1) is 0 Å². The maximum atomic E-state index is 12.9. The number of piperidine rings is 1. The third-order valence-electron chi connectivity index (χ3n) is 7.37. The summed E-state index contributed by atoms with van der Waals surface area (Å²) in [7, 11) is 1.62. The maximum absolute atomic E-state index is 12.9. The Labute approximate surface area is 213 Å². The van der Waals surface area contributed by atoms with Gasteiger partial charge in [0.15, 0.2) is 4.96 Å². The highest BCUT2D eigenvalue weighted by molar-refractivity contribution is 7.23. The Kier molecular flexibility index (Phi) is 5.99. The third kappa shape index (κ3) is 4.27. The van der Waals surface area contributed by atoms with E-state index in [9.17, 15) is 9.59 Å². The van der Waals surface area contributed by atoms with Crippen LogP contribution in [0.2, 0.25) is 0 Å². The molecule has 2 aromatic heterocycles. The molecule has 1 atom stereocenters. The molecule has 2 aliphatic rings. The van der Waals surface area contributed by atoms with Gasteiger partial charge in [-0.1, -0.05) is 23.5 Å². The molecule has 4 aromatic rings. The average Bonchev–Trinajstić information content (AvgIpc) is 3.60. The quantitative estimate of drug-likeness (QED) is 0.387. The van der Waals surface area contributed by atoms with Gasteiger partial charge in [-0.2, -0.15) is 0 Å². The molecule has 2 fully saturated rings. The number of hydrogen-bond donors (Lipinski definition) is 3. The second-order valence-corrected chi connectivity index (χ2v) is 10.7. The van der Waals surface area contributed by atoms with Crippen LogP contribution in [-0.4, -0.2) is 59.6 Å². The van der Waals surface area contributed by atoms with Crippen molar-refractivity contribution in [1.82, 2.24) is 25.3 Å². The summed E-state index contributed by atoms with van der Waals surface area (Å²) in [5, 5.41) is 9.10. The summed E-state index contributed by atoms with van der Waals surface area (Å²) in [6.45, 7) is 2.56. The Bertz CT molecular complexity index is 1440. The van der Waals surface area contributed by atoms with E-state index in [1.807, 2.05) is 36.5 Å². The molecule has 3 N–H and O–H groups in total. The number of rotatable bonds is 5. The molecule has 1 spiro atoms. The van der Waals surface area contributed by atoms with Crippen molar-refractivity contribution in [2.75, 3.05) is 26.7 Å². The highest BCUT2D eigenvalue weighted by atomic mass is 32.1. The summed E-state index contributed by atoms with van der Waals surface area (Å²) in [5.41, 5.74) is 4.07. The average molecular weight is 504 g/mol. The molecule has 36 heavy (non-hydrogen) atoms. The normalized spacial score (nSPS) is 19.2. The highest BCUT2D eigenvalue weighted by Crippen LogP contribution is 2.37. The Balaban J connectivity index is 1.14. The lowest BCUT2D eigenvalue weighted by Crippen LogP contribution is -2.43. The summed E-state index contributed by atoms with van der Waals surface area (Å²) in [5.74, 6) is -0.186. The van der Waals surface area contributed by atoms with Gasteiger partial charge in [0.25, 0.3) is 11.8 Å². The van der Waals surface area contributed by atoms with Gasteiger partial charge >= 0.3 is 0 Å². The SMILES string of the molecule is CNC(=O)c1ccc(-c2cn3c(n2)sc2cc(C(=O)NCC4CCC5(CCNCC5)O4)ccc23)cc1. The first-order chi connectivity index (χ1) is 17.5. The number of nitrogens with one attached hydrogen (secondary N) is 3. The van der Waals surface area contributed by atoms with Gasteiger partial charge in [-0.3, -0.25) is 14.0 Å². The number of hydrogen-bond acceptors (Lipinski definition) is 6. The van der Waals surface area contributed by atoms with Gasteiger partial charge in [0.2, 0.25) is 0 Å². The van der Waals surface area contributed by atoms with E-state index < -0.39 is 0 Å². The van der Waals surface area contributed by atoms with Crippen molar-refractivity contribution in [3.05, 3.63) is 59.8 Å². The first kappa shape index (κ1) is 23.1. The smallest absolute Gasteiger partial charge is 0.251 e. The molecule has 4 heterocycles. The molecule has 0 aliphatic carbocycles. The van der Waals surface area contributed by atoms with E-state index in [1.165, 1.54) is 0 Å². The number of aromatic nitrogens is 2. The first-order valence-electron chi connectivity index (χ1n) is 12.4. The van der Waals surface area contributed by atoms with E-state index in [0.29, 0.717) is 17.7 Å². The van der Waals surface area contributed by atoms with Crippen LogP contribution in [0.5, 0.6) is 0 Å². The van der Waals surface area contributed by atoms with E-state index in [-0.39, 0.29) is 23.5 Å². The molecular formula is C27H29N5O3S. The fourth-order valence-electron chi connectivity index (χ4n) is 5.32. The van der Waals surface area contributed by atoms with Crippen LogP contribution in [0.1, 0.15) is 46.4 Å². The second-order valence-electron chi connectivity index (χ2n) is 9.64. The zero-order chi connectivity index (χ0) is 24.7. The largest absolute Gasteiger partial charge is 0.370 e. The topological polar surface area (TPSA) is 96.8 Å². The van der Waals surface area contributed by atoms with Gasteiger partial charge in [0.1, 0.15) is 0 Å². The summed E-state index contributed by atoms with van der Waals surface area (Å²) < 4.78 is 9.42. The van der Waals surface area contributed by atoms with Crippen molar-refractivity contribution in [3.63, 3.8) is 0 Å². The van der Waals surface area contributed by atoms with Crippen LogP contribution in [0.25, 0.3) is 26.4 Å². The minimum atomic E-state index is -0.111. The zero-order valence-electron chi connectivity index (χ0n) is 20.2. The van der Waals surface area contributed by atoms with E-state index in [0.717, 1.165) is 65.2 Å². The van der Waals surface area contributed by atoms with Crippen LogP contribution in [0.4, 0.5) is 0 Å². The standard InChI is InChI=1S/C27H29N5O3S/c1-28-24(33)18-4-2-17(3-5-18)21-16-32-22-7-6-19(14-23(22)36-26(32)31-21)25(34)30-15-20-8-9-27(35-20)10-12-29-13-11-27/h2-7,14,16,20,29H,8-13,15H2,1H3,(H,28,33)(H,30,34). The molecule has 2 saturated heterocycles. The van der Waals surface area contributed by atoms with Crippen LogP contribution in [0.15, 0.2) is 48.7 Å². The van der Waals surface area contributed by atoms with Crippen molar-refractivity contribution < 1.29 is 14.3 Å². The molecule has 0 radical (unpaired) electrons. The number of amides is 2. The minimum Gasteiger partial charge on any atom is -0.370 e. The number of thiazole rings is 1. The lowest BCUT2D eigenvalue weighted by Gasteiger charge is -2.33. The molecule has 8 nitrogen and oxygen atoms in total. The van der Waals surface area contributed by atoms with Crippen LogP contribution >= 0.6 is 11.3 Å².